The number of phenols is 1. The van der Waals surface area contributed by atoms with Crippen LogP contribution < -0.4 is 10.1 Å². The Labute approximate surface area is 319 Å². The predicted molar refractivity (Wildman–Crippen MR) is 198 cm³/mol. The van der Waals surface area contributed by atoms with Crippen molar-refractivity contribution in [3.05, 3.63) is 69.2 Å². The number of carbonyl (C=O) groups is 4. The lowest BCUT2D eigenvalue weighted by Gasteiger charge is -2.39. The van der Waals surface area contributed by atoms with Gasteiger partial charge in [-0.1, -0.05) is 39.0 Å². The minimum atomic E-state index is -2.17. The summed E-state index contributed by atoms with van der Waals surface area (Å²) in [5.41, 5.74) is -2.34. The molecule has 55 heavy (non-hydrogen) atoms. The third kappa shape index (κ3) is 8.12. The Balaban J connectivity index is 2.07. The molecule has 15 nitrogen and oxygen atoms in total. The number of aliphatic hydroxyl groups is 5. The normalized spacial score (nSPS) is 30.8. The molecule has 1 aliphatic carbocycles. The van der Waals surface area contributed by atoms with Gasteiger partial charge in [-0.25, -0.2) is 0 Å². The standard InChI is InChI=1S/C40H51NO14/c1-16-12-11-13-17(2)38(49)41-28-19(4)36(55-23(8)42)24-25(33(28)47)31(45)21(6)35-26(24)34(53-15-54-35)18(3)14-40(9,51)37(48)22(7)32(46)27(39(50)52-10)30(44)20(5)29(16)43/h11-14,16,20,22,27,29-30,32,37,43-44,46-48,51H,15H2,1-10H3,(H,41,49)/t16-,20+,22-,27+,29-,30+,32+,37+,40+/m0/s1. The topological polar surface area (TPSA) is 239 Å². The van der Waals surface area contributed by atoms with Gasteiger partial charge in [-0.2, -0.15) is 0 Å². The Hall–Kier alpha value is -4.80. The number of allylic oxidation sites excluding steroid dienone is 5. The smallest absolute Gasteiger partial charge is 0.313 e. The monoisotopic (exact) mass is 769 g/mol. The van der Waals surface area contributed by atoms with Crippen LogP contribution in [-0.2, 0) is 28.6 Å². The molecular weight excluding hydrogens is 718 g/mol. The number of hydrogen-bond acceptors (Lipinski definition) is 14. The van der Waals surface area contributed by atoms with E-state index in [2.05, 4.69) is 5.32 Å². The van der Waals surface area contributed by atoms with E-state index in [1.165, 1.54) is 66.7 Å². The number of Topliss-reactive ketones (excluding diaryl/α,β-unsaturated/α-hetero) is 1. The molecule has 4 aliphatic rings. The highest BCUT2D eigenvalue weighted by atomic mass is 16.7. The Kier molecular flexibility index (Phi) is 12.9. The van der Waals surface area contributed by atoms with Crippen LogP contribution in [0, 0.1) is 30.6 Å². The first kappa shape index (κ1) is 42.9. The number of amides is 1. The summed E-state index contributed by atoms with van der Waals surface area (Å²) in [5, 5.41) is 71.8. The van der Waals surface area contributed by atoms with Gasteiger partial charge in [0.15, 0.2) is 11.5 Å². The van der Waals surface area contributed by atoms with Gasteiger partial charge in [0, 0.05) is 47.0 Å². The van der Waals surface area contributed by atoms with Gasteiger partial charge in [-0.05, 0) is 46.3 Å². The number of ketones is 1. The summed E-state index contributed by atoms with van der Waals surface area (Å²) in [6, 6.07) is 0. The number of nitrogens with one attached hydrogen (secondary N) is 1. The minimum absolute atomic E-state index is 0.00256. The second kappa shape index (κ2) is 16.5. The van der Waals surface area contributed by atoms with Gasteiger partial charge in [-0.15, -0.1) is 0 Å². The van der Waals surface area contributed by atoms with Gasteiger partial charge >= 0.3 is 11.9 Å². The largest absolute Gasteiger partial charge is 0.505 e. The molecule has 0 fully saturated rings. The number of phenolic OH excluding ortho intramolecular Hbond substituents is 1. The fraction of sp³-hybridized carbons (Fsp3) is 0.500. The van der Waals surface area contributed by atoms with Crippen LogP contribution in [0.5, 0.6) is 11.5 Å². The zero-order chi connectivity index (χ0) is 41.4. The minimum Gasteiger partial charge on any atom is -0.505 e. The van der Waals surface area contributed by atoms with Crippen molar-refractivity contribution in [1.82, 2.24) is 0 Å². The number of ether oxygens (including phenoxy) is 4. The third-order valence-electron chi connectivity index (χ3n) is 10.6. The van der Waals surface area contributed by atoms with E-state index < -0.39 is 89.9 Å². The molecule has 1 aromatic carbocycles. The molecule has 0 radical (unpaired) electrons. The van der Waals surface area contributed by atoms with Gasteiger partial charge in [0.25, 0.3) is 5.91 Å². The SMILES string of the molecule is COC(=O)[C@@H]1[C@H](O)[C@H](C)[C@@H](O)[C@@H](C)C=CC=C(C)C(=O)Nc2c(C)c(OC(C)=O)c3c(c2O)C(=O)C(C)=C2OCOC(=C23)C(C)=C[C@@](C)(O)[C@H](O)[C@@H](C)[C@H]1O. The molecule has 1 aromatic rings. The predicted octanol–water partition coefficient (Wildman–Crippen LogP) is 3.10. The molecule has 0 aromatic heterocycles. The van der Waals surface area contributed by atoms with Crippen molar-refractivity contribution in [3.8, 4) is 11.5 Å². The number of fused-ring (bicyclic) bond motifs is 14. The summed E-state index contributed by atoms with van der Waals surface area (Å²) in [6.45, 7) is 12.3. The Morgan fingerprint density at radius 1 is 0.909 bits per heavy atom. The molecule has 15 heteroatoms. The lowest BCUT2D eigenvalue weighted by atomic mass is 9.75. The van der Waals surface area contributed by atoms with Crippen molar-refractivity contribution in [2.45, 2.75) is 92.3 Å². The molecule has 0 spiro atoms. The fourth-order valence-electron chi connectivity index (χ4n) is 7.28. The van der Waals surface area contributed by atoms with Gasteiger partial charge in [0.05, 0.1) is 48.3 Å². The number of methoxy groups -OCH3 is 1. The van der Waals surface area contributed by atoms with Crippen molar-refractivity contribution in [3.63, 3.8) is 0 Å². The van der Waals surface area contributed by atoms with Crippen LogP contribution in [0.4, 0.5) is 5.69 Å². The van der Waals surface area contributed by atoms with E-state index in [9.17, 15) is 49.8 Å². The van der Waals surface area contributed by atoms with Crippen LogP contribution in [0.1, 0.15) is 76.9 Å². The summed E-state index contributed by atoms with van der Waals surface area (Å²) >= 11 is 0. The average molecular weight is 770 g/mol. The molecule has 0 saturated carbocycles. The average Bonchev–Trinajstić information content (AvgIpc) is 3.13. The molecule has 0 saturated heterocycles. The Bertz CT molecular complexity index is 1920. The fourth-order valence-corrected chi connectivity index (χ4v) is 7.28. The summed E-state index contributed by atoms with van der Waals surface area (Å²) in [7, 11) is 1.06. The number of rotatable bonds is 2. The second-order valence-electron chi connectivity index (χ2n) is 14.7. The summed E-state index contributed by atoms with van der Waals surface area (Å²) in [4.78, 5) is 53.0. The molecule has 3 heterocycles. The van der Waals surface area contributed by atoms with E-state index in [0.29, 0.717) is 0 Å². The first-order valence-electron chi connectivity index (χ1n) is 17.8. The van der Waals surface area contributed by atoms with Gasteiger partial charge in [-0.3, -0.25) is 19.2 Å². The van der Waals surface area contributed by atoms with E-state index in [1.807, 2.05) is 0 Å². The molecule has 5 rings (SSSR count). The number of aliphatic hydroxyl groups excluding tert-OH is 4. The van der Waals surface area contributed by atoms with Crippen LogP contribution in [0.3, 0.4) is 0 Å². The van der Waals surface area contributed by atoms with Crippen LogP contribution in [0.2, 0.25) is 0 Å². The van der Waals surface area contributed by atoms with Crippen molar-refractivity contribution in [2.24, 2.45) is 23.7 Å². The number of aromatic hydroxyl groups is 1. The van der Waals surface area contributed by atoms with E-state index in [4.69, 9.17) is 18.9 Å². The number of benzene rings is 1. The van der Waals surface area contributed by atoms with E-state index in [0.717, 1.165) is 14.0 Å². The van der Waals surface area contributed by atoms with E-state index >= 15 is 0 Å². The van der Waals surface area contributed by atoms with Crippen LogP contribution in [0.15, 0.2) is 52.5 Å². The number of anilines is 1. The molecule has 1 amide bonds. The van der Waals surface area contributed by atoms with Crippen molar-refractivity contribution in [1.29, 1.82) is 0 Å². The summed E-state index contributed by atoms with van der Waals surface area (Å²) in [6.07, 6.45) is -0.878. The first-order valence-corrected chi connectivity index (χ1v) is 17.8. The lowest BCUT2D eigenvalue weighted by molar-refractivity contribution is -0.168. The highest BCUT2D eigenvalue weighted by molar-refractivity contribution is 6.21. The van der Waals surface area contributed by atoms with Crippen LogP contribution in [-0.4, -0.2) is 98.2 Å². The quantitative estimate of drug-likeness (QED) is 0.130. The molecule has 300 valence electrons. The van der Waals surface area contributed by atoms with E-state index in [1.54, 1.807) is 13.0 Å². The highest BCUT2D eigenvalue weighted by Gasteiger charge is 2.47. The molecular formula is C40H51NO14. The zero-order valence-corrected chi connectivity index (χ0v) is 32.6. The maximum atomic E-state index is 14.0. The molecule has 3 aliphatic heterocycles. The number of esters is 2. The number of hydrogen-bond donors (Lipinski definition) is 7. The van der Waals surface area contributed by atoms with Gasteiger partial charge in [0.2, 0.25) is 6.79 Å². The second-order valence-corrected chi connectivity index (χ2v) is 14.7. The van der Waals surface area contributed by atoms with E-state index in [-0.39, 0.29) is 61.9 Å². The third-order valence-corrected chi connectivity index (χ3v) is 10.6. The van der Waals surface area contributed by atoms with Crippen molar-refractivity contribution < 1.29 is 68.8 Å². The Morgan fingerprint density at radius 2 is 1.51 bits per heavy atom. The van der Waals surface area contributed by atoms with Gasteiger partial charge < -0.3 is 54.9 Å². The first-order chi connectivity index (χ1) is 25.6. The molecule has 0 unspecified atom stereocenters. The zero-order valence-electron chi connectivity index (χ0n) is 32.6. The molecule has 7 N–H and O–H groups in total. The van der Waals surface area contributed by atoms with Gasteiger partial charge in [0.1, 0.15) is 28.8 Å². The maximum Gasteiger partial charge on any atom is 0.313 e. The lowest BCUT2D eigenvalue weighted by Crippen LogP contribution is -2.53. The number of carbonyl (C=O) groups excluding carboxylic acids is 4. The Morgan fingerprint density at radius 3 is 2.11 bits per heavy atom. The maximum absolute atomic E-state index is 14.0. The summed E-state index contributed by atoms with van der Waals surface area (Å²) < 4.78 is 22.3. The molecule has 9 atom stereocenters. The van der Waals surface area contributed by atoms with Crippen LogP contribution in [0.25, 0.3) is 5.57 Å². The summed E-state index contributed by atoms with van der Waals surface area (Å²) in [5.74, 6) is -8.68. The van der Waals surface area contributed by atoms with Crippen LogP contribution >= 0.6 is 0 Å². The highest BCUT2D eigenvalue weighted by Crippen LogP contribution is 2.53. The van der Waals surface area contributed by atoms with Crippen molar-refractivity contribution >= 4 is 34.9 Å². The molecule has 4 bridgehead atoms. The van der Waals surface area contributed by atoms with Crippen molar-refractivity contribution in [2.75, 3.05) is 19.2 Å².